The molecular weight excluding hydrogens is 499 g/mol. The number of nitrogens with zero attached hydrogens (tertiary/aromatic N) is 2. The number of rotatable bonds is 5. The van der Waals surface area contributed by atoms with E-state index in [0.29, 0.717) is 32.8 Å². The van der Waals surface area contributed by atoms with Gasteiger partial charge in [0.15, 0.2) is 6.10 Å². The zero-order valence-corrected chi connectivity index (χ0v) is 20.4. The number of hydrogen-bond donors (Lipinski definition) is 0. The number of hydrogen-bond acceptors (Lipinski definition) is 5. The molecule has 8 heteroatoms. The molecule has 3 heterocycles. The molecule has 6 nitrogen and oxygen atoms in total. The summed E-state index contributed by atoms with van der Waals surface area (Å²) in [6.45, 7) is 0.189. The van der Waals surface area contributed by atoms with E-state index in [0.717, 1.165) is 5.56 Å². The first kappa shape index (κ1) is 22.9. The van der Waals surface area contributed by atoms with Gasteiger partial charge in [-0.2, -0.15) is 0 Å². The Labute approximate surface area is 217 Å². The van der Waals surface area contributed by atoms with Crippen molar-refractivity contribution >= 4 is 40.7 Å². The van der Waals surface area contributed by atoms with Gasteiger partial charge in [0.2, 0.25) is 5.91 Å². The first-order valence-corrected chi connectivity index (χ1v) is 12.2. The van der Waals surface area contributed by atoms with E-state index in [1.54, 1.807) is 35.4 Å². The number of benzene rings is 3. The summed E-state index contributed by atoms with van der Waals surface area (Å²) in [5.74, 6) is -0.430. The number of carbonyl (C=O) groups excluding carboxylic acids is 2. The van der Waals surface area contributed by atoms with Crippen molar-refractivity contribution in [2.75, 3.05) is 5.06 Å². The molecule has 0 bridgehead atoms. The van der Waals surface area contributed by atoms with E-state index in [1.807, 2.05) is 60.7 Å². The second kappa shape index (κ2) is 9.13. The maximum absolute atomic E-state index is 13.7. The average Bonchev–Trinajstić information content (AvgIpc) is 3.59. The molecule has 1 aromatic heterocycles. The predicted molar refractivity (Wildman–Crippen MR) is 136 cm³/mol. The maximum Gasteiger partial charge on any atom is 0.262 e. The molecular formula is C28H20Cl2N2O4. The van der Waals surface area contributed by atoms with Gasteiger partial charge < -0.3 is 4.42 Å². The molecule has 0 unspecified atom stereocenters. The van der Waals surface area contributed by atoms with E-state index in [9.17, 15) is 9.59 Å². The van der Waals surface area contributed by atoms with E-state index >= 15 is 0 Å². The minimum atomic E-state index is -0.949. The highest BCUT2D eigenvalue weighted by molar-refractivity contribution is 6.35. The lowest BCUT2D eigenvalue weighted by Gasteiger charge is -2.27. The number of para-hydroxylation sites is 1. The SMILES string of the molecule is O=C1[C@H]2[C@@H](ON(c3ccccc3)[C@H]2c2ccc(-c3cc(Cl)ccc3Cl)o2)C(=O)N1Cc1ccccc1. The molecule has 180 valence electrons. The van der Waals surface area contributed by atoms with Gasteiger partial charge in [-0.05, 0) is 48.0 Å². The highest BCUT2D eigenvalue weighted by Gasteiger charge is 2.60. The van der Waals surface area contributed by atoms with Crippen molar-refractivity contribution in [2.24, 2.45) is 5.92 Å². The fraction of sp³-hybridized carbons (Fsp3) is 0.143. The minimum absolute atomic E-state index is 0.189. The first-order valence-electron chi connectivity index (χ1n) is 11.5. The number of halogens is 2. The van der Waals surface area contributed by atoms with Crippen molar-refractivity contribution in [1.82, 2.24) is 4.90 Å². The Morgan fingerprint density at radius 3 is 2.28 bits per heavy atom. The van der Waals surface area contributed by atoms with Crippen LogP contribution >= 0.6 is 23.2 Å². The number of hydroxylamine groups is 1. The Morgan fingerprint density at radius 1 is 0.806 bits per heavy atom. The minimum Gasteiger partial charge on any atom is -0.459 e. The molecule has 6 rings (SSSR count). The van der Waals surface area contributed by atoms with E-state index in [-0.39, 0.29) is 18.4 Å². The van der Waals surface area contributed by atoms with E-state index in [1.165, 1.54) is 4.90 Å². The van der Waals surface area contributed by atoms with Crippen LogP contribution < -0.4 is 5.06 Å². The van der Waals surface area contributed by atoms with Crippen LogP contribution in [0.3, 0.4) is 0 Å². The smallest absolute Gasteiger partial charge is 0.262 e. The lowest BCUT2D eigenvalue weighted by molar-refractivity contribution is -0.143. The normalized spacial score (nSPS) is 21.3. The molecule has 0 spiro atoms. The van der Waals surface area contributed by atoms with Gasteiger partial charge in [-0.3, -0.25) is 19.3 Å². The molecule has 2 fully saturated rings. The van der Waals surface area contributed by atoms with Gasteiger partial charge in [-0.25, -0.2) is 5.06 Å². The second-order valence-electron chi connectivity index (χ2n) is 8.73. The lowest BCUT2D eigenvalue weighted by Crippen LogP contribution is -2.36. The lowest BCUT2D eigenvalue weighted by atomic mass is 9.94. The Balaban J connectivity index is 1.39. The Bertz CT molecular complexity index is 1440. The highest BCUT2D eigenvalue weighted by Crippen LogP contribution is 2.48. The predicted octanol–water partition coefficient (Wildman–Crippen LogP) is 6.30. The molecule has 0 N–H and O–H groups in total. The molecule has 4 aromatic rings. The zero-order valence-electron chi connectivity index (χ0n) is 18.9. The summed E-state index contributed by atoms with van der Waals surface area (Å²) in [5.41, 5.74) is 2.22. The average molecular weight is 519 g/mol. The van der Waals surface area contributed by atoms with Crippen LogP contribution in [0.15, 0.2) is 95.4 Å². The maximum atomic E-state index is 13.7. The van der Waals surface area contributed by atoms with E-state index in [4.69, 9.17) is 32.5 Å². The van der Waals surface area contributed by atoms with Crippen LogP contribution in [0.5, 0.6) is 0 Å². The third-order valence-electron chi connectivity index (χ3n) is 6.51. The monoisotopic (exact) mass is 518 g/mol. The van der Waals surface area contributed by atoms with Crippen LogP contribution in [-0.2, 0) is 21.0 Å². The molecule has 0 saturated carbocycles. The zero-order chi connectivity index (χ0) is 24.8. The molecule has 36 heavy (non-hydrogen) atoms. The fourth-order valence-corrected chi connectivity index (χ4v) is 5.21. The van der Waals surface area contributed by atoms with Gasteiger partial charge in [0.1, 0.15) is 23.5 Å². The van der Waals surface area contributed by atoms with Crippen LogP contribution in [0, 0.1) is 5.92 Å². The summed E-state index contributed by atoms with van der Waals surface area (Å²) in [6.07, 6.45) is -0.949. The molecule has 0 radical (unpaired) electrons. The summed E-state index contributed by atoms with van der Waals surface area (Å²) < 4.78 is 6.24. The molecule has 3 atom stereocenters. The number of fused-ring (bicyclic) bond motifs is 1. The molecule has 0 aliphatic carbocycles. The van der Waals surface area contributed by atoms with Crippen molar-refractivity contribution in [3.05, 3.63) is 112 Å². The van der Waals surface area contributed by atoms with Crippen LogP contribution in [0.2, 0.25) is 10.0 Å². The van der Waals surface area contributed by atoms with Crippen LogP contribution in [0.1, 0.15) is 17.4 Å². The number of amides is 2. The van der Waals surface area contributed by atoms with Crippen molar-refractivity contribution < 1.29 is 18.8 Å². The topological polar surface area (TPSA) is 63.0 Å². The highest BCUT2D eigenvalue weighted by atomic mass is 35.5. The third kappa shape index (κ3) is 3.88. The van der Waals surface area contributed by atoms with Crippen molar-refractivity contribution in [3.8, 4) is 11.3 Å². The summed E-state index contributed by atoms with van der Waals surface area (Å²) in [4.78, 5) is 34.4. The number of furan rings is 1. The first-order chi connectivity index (χ1) is 17.5. The van der Waals surface area contributed by atoms with Crippen molar-refractivity contribution in [2.45, 2.75) is 18.7 Å². The van der Waals surface area contributed by atoms with Crippen LogP contribution in [0.25, 0.3) is 11.3 Å². The van der Waals surface area contributed by atoms with Gasteiger partial charge in [0, 0.05) is 10.6 Å². The van der Waals surface area contributed by atoms with E-state index in [2.05, 4.69) is 0 Å². The third-order valence-corrected chi connectivity index (χ3v) is 7.08. The number of anilines is 1. The molecule has 2 saturated heterocycles. The van der Waals surface area contributed by atoms with Gasteiger partial charge in [0.25, 0.3) is 5.91 Å². The van der Waals surface area contributed by atoms with Crippen molar-refractivity contribution in [3.63, 3.8) is 0 Å². The van der Waals surface area contributed by atoms with Gasteiger partial charge >= 0.3 is 0 Å². The molecule has 2 aliphatic rings. The molecule has 3 aromatic carbocycles. The largest absolute Gasteiger partial charge is 0.459 e. The summed E-state index contributed by atoms with van der Waals surface area (Å²) >= 11 is 12.6. The Morgan fingerprint density at radius 2 is 1.53 bits per heavy atom. The second-order valence-corrected chi connectivity index (χ2v) is 9.58. The van der Waals surface area contributed by atoms with Crippen LogP contribution in [-0.4, -0.2) is 22.8 Å². The number of carbonyl (C=O) groups is 2. The Hall–Kier alpha value is -3.58. The fourth-order valence-electron chi connectivity index (χ4n) is 4.82. The standard InChI is InChI=1S/C28H20Cl2N2O4/c29-18-11-12-21(30)20(15-18)22-13-14-23(35-22)25-24-26(36-32(25)19-9-5-2-6-10-19)28(34)31(27(24)33)16-17-7-3-1-4-8-17/h1-15,24-26H,16H2/t24-,25+,26-/m1/s1. The van der Waals surface area contributed by atoms with Crippen molar-refractivity contribution in [1.29, 1.82) is 0 Å². The summed E-state index contributed by atoms with van der Waals surface area (Å²) in [6, 6.07) is 26.8. The van der Waals surface area contributed by atoms with Gasteiger partial charge in [-0.1, -0.05) is 71.7 Å². The Kier molecular flexibility index (Phi) is 5.80. The van der Waals surface area contributed by atoms with Gasteiger partial charge in [-0.15, -0.1) is 0 Å². The molecule has 2 amide bonds. The summed E-state index contributed by atoms with van der Waals surface area (Å²) in [5, 5.41) is 2.62. The number of imide groups is 1. The quantitative estimate of drug-likeness (QED) is 0.290. The van der Waals surface area contributed by atoms with Crippen LogP contribution in [0.4, 0.5) is 5.69 Å². The van der Waals surface area contributed by atoms with Gasteiger partial charge in [0.05, 0.1) is 17.3 Å². The van der Waals surface area contributed by atoms with E-state index < -0.39 is 18.1 Å². The number of likely N-dealkylation sites (tertiary alicyclic amines) is 1. The molecule has 2 aliphatic heterocycles. The summed E-state index contributed by atoms with van der Waals surface area (Å²) in [7, 11) is 0.